The Morgan fingerprint density at radius 1 is 1.35 bits per heavy atom. The zero-order valence-corrected chi connectivity index (χ0v) is 11.0. The van der Waals surface area contributed by atoms with E-state index in [2.05, 4.69) is 15.3 Å². The van der Waals surface area contributed by atoms with Gasteiger partial charge in [0.25, 0.3) is 0 Å². The van der Waals surface area contributed by atoms with E-state index in [1.807, 2.05) is 24.3 Å². The van der Waals surface area contributed by atoms with E-state index in [0.29, 0.717) is 26.3 Å². The molecule has 6 heteroatoms. The van der Waals surface area contributed by atoms with Gasteiger partial charge < -0.3 is 19.9 Å². The summed E-state index contributed by atoms with van der Waals surface area (Å²) in [4.78, 5) is 20.9. The number of H-pyrrole nitrogens is 1. The molecule has 1 aliphatic rings. The molecule has 3 rings (SSSR count). The van der Waals surface area contributed by atoms with Crippen LogP contribution in [0, 0.1) is 0 Å². The number of ether oxygens (including phenoxy) is 1. The molecule has 2 aromatic rings. The zero-order chi connectivity index (χ0) is 13.8. The molecule has 2 amide bonds. The molecule has 1 saturated heterocycles. The molecule has 20 heavy (non-hydrogen) atoms. The maximum atomic E-state index is 12.1. The summed E-state index contributed by atoms with van der Waals surface area (Å²) in [6.07, 6.45) is 3.39. The quantitative estimate of drug-likeness (QED) is 0.877. The number of imidazole rings is 1. The van der Waals surface area contributed by atoms with Crippen molar-refractivity contribution in [3.05, 3.63) is 36.8 Å². The molecule has 1 fully saturated rings. The number of morpholine rings is 1. The average Bonchev–Trinajstić information content (AvgIpc) is 3.03. The van der Waals surface area contributed by atoms with E-state index in [-0.39, 0.29) is 6.03 Å². The van der Waals surface area contributed by atoms with E-state index < -0.39 is 0 Å². The number of carbonyl (C=O) groups is 1. The van der Waals surface area contributed by atoms with Crippen LogP contribution in [0.4, 0.5) is 10.5 Å². The van der Waals surface area contributed by atoms with Crippen molar-refractivity contribution in [1.29, 1.82) is 0 Å². The first kappa shape index (κ1) is 12.7. The fourth-order valence-electron chi connectivity index (χ4n) is 2.15. The van der Waals surface area contributed by atoms with E-state index in [1.54, 1.807) is 17.4 Å². The van der Waals surface area contributed by atoms with E-state index in [1.165, 1.54) is 0 Å². The summed E-state index contributed by atoms with van der Waals surface area (Å²) in [5, 5.41) is 2.91. The lowest BCUT2D eigenvalue weighted by Crippen LogP contribution is -2.43. The molecular formula is C14H16N4O2. The molecule has 0 unspecified atom stereocenters. The molecule has 104 valence electrons. The van der Waals surface area contributed by atoms with E-state index in [4.69, 9.17) is 4.74 Å². The highest BCUT2D eigenvalue weighted by Gasteiger charge is 2.16. The number of hydrogen-bond donors (Lipinski definition) is 2. The fraction of sp³-hybridized carbons (Fsp3) is 0.286. The van der Waals surface area contributed by atoms with E-state index in [0.717, 1.165) is 16.9 Å². The highest BCUT2D eigenvalue weighted by Crippen LogP contribution is 2.20. The fourth-order valence-corrected chi connectivity index (χ4v) is 2.15. The Morgan fingerprint density at radius 2 is 2.20 bits per heavy atom. The van der Waals surface area contributed by atoms with Crippen molar-refractivity contribution in [2.24, 2.45) is 0 Å². The number of urea groups is 1. The minimum Gasteiger partial charge on any atom is -0.378 e. The third-order valence-electron chi connectivity index (χ3n) is 3.22. The Hall–Kier alpha value is -2.34. The molecule has 1 aromatic carbocycles. The summed E-state index contributed by atoms with van der Waals surface area (Å²) in [6.45, 7) is 2.46. The molecule has 0 aliphatic carbocycles. The smallest absolute Gasteiger partial charge is 0.321 e. The van der Waals surface area contributed by atoms with Crippen LogP contribution in [0.2, 0.25) is 0 Å². The predicted octanol–water partition coefficient (Wildman–Crippen LogP) is 1.94. The molecule has 0 spiro atoms. The Kier molecular flexibility index (Phi) is 3.64. The molecule has 0 bridgehead atoms. The molecule has 2 heterocycles. The monoisotopic (exact) mass is 272 g/mol. The first-order valence-corrected chi connectivity index (χ1v) is 6.55. The summed E-state index contributed by atoms with van der Waals surface area (Å²) in [7, 11) is 0. The SMILES string of the molecule is O=C(Nc1cccc(-c2cnc[nH]2)c1)N1CCOCC1. The first-order chi connectivity index (χ1) is 9.83. The highest BCUT2D eigenvalue weighted by atomic mass is 16.5. The van der Waals surface area contributed by atoms with Gasteiger partial charge in [-0.1, -0.05) is 12.1 Å². The number of nitrogens with zero attached hydrogens (tertiary/aromatic N) is 2. The van der Waals surface area contributed by atoms with Gasteiger partial charge in [-0.15, -0.1) is 0 Å². The van der Waals surface area contributed by atoms with Crippen LogP contribution in [0.5, 0.6) is 0 Å². The topological polar surface area (TPSA) is 70.2 Å². The number of aromatic nitrogens is 2. The van der Waals surface area contributed by atoms with Crippen molar-refractivity contribution in [2.45, 2.75) is 0 Å². The van der Waals surface area contributed by atoms with Crippen molar-refractivity contribution in [1.82, 2.24) is 14.9 Å². The Morgan fingerprint density at radius 3 is 2.95 bits per heavy atom. The van der Waals surface area contributed by atoms with Crippen LogP contribution in [0.1, 0.15) is 0 Å². The zero-order valence-electron chi connectivity index (χ0n) is 11.0. The van der Waals surface area contributed by atoms with Crippen molar-refractivity contribution < 1.29 is 9.53 Å². The van der Waals surface area contributed by atoms with Gasteiger partial charge in [0.15, 0.2) is 0 Å². The lowest BCUT2D eigenvalue weighted by molar-refractivity contribution is 0.0564. The second-order valence-corrected chi connectivity index (χ2v) is 4.58. The largest absolute Gasteiger partial charge is 0.378 e. The molecular weight excluding hydrogens is 256 g/mol. The molecule has 2 N–H and O–H groups in total. The molecule has 0 atom stereocenters. The van der Waals surface area contributed by atoms with Crippen molar-refractivity contribution in [3.8, 4) is 11.3 Å². The molecule has 6 nitrogen and oxygen atoms in total. The maximum absolute atomic E-state index is 12.1. The number of rotatable bonds is 2. The number of nitrogens with one attached hydrogen (secondary N) is 2. The highest BCUT2D eigenvalue weighted by molar-refractivity contribution is 5.90. The normalized spacial score (nSPS) is 15.1. The number of aromatic amines is 1. The van der Waals surface area contributed by atoms with Crippen LogP contribution in [0.15, 0.2) is 36.8 Å². The maximum Gasteiger partial charge on any atom is 0.321 e. The third-order valence-corrected chi connectivity index (χ3v) is 3.22. The summed E-state index contributed by atoms with van der Waals surface area (Å²) in [5.41, 5.74) is 2.68. The van der Waals surface area contributed by atoms with E-state index >= 15 is 0 Å². The minimum atomic E-state index is -0.0879. The molecule has 0 saturated carbocycles. The van der Waals surface area contributed by atoms with Gasteiger partial charge in [-0.25, -0.2) is 9.78 Å². The predicted molar refractivity (Wildman–Crippen MR) is 75.4 cm³/mol. The number of amides is 2. The standard InChI is InChI=1S/C14H16N4O2/c19-14(18-4-6-20-7-5-18)17-12-3-1-2-11(8-12)13-9-15-10-16-13/h1-3,8-10H,4-7H2,(H,15,16)(H,17,19). The lowest BCUT2D eigenvalue weighted by atomic mass is 10.1. The Bertz CT molecular complexity index is 577. The molecule has 1 aromatic heterocycles. The summed E-state index contributed by atoms with van der Waals surface area (Å²) in [6, 6.07) is 7.59. The third kappa shape index (κ3) is 2.80. The number of anilines is 1. The van der Waals surface area contributed by atoms with Crippen LogP contribution < -0.4 is 5.32 Å². The number of hydrogen-bond acceptors (Lipinski definition) is 3. The summed E-state index contributed by atoms with van der Waals surface area (Å²) < 4.78 is 5.24. The van der Waals surface area contributed by atoms with Crippen LogP contribution in [0.3, 0.4) is 0 Å². The van der Waals surface area contributed by atoms with Crippen LogP contribution >= 0.6 is 0 Å². The van der Waals surface area contributed by atoms with E-state index in [9.17, 15) is 4.79 Å². The number of carbonyl (C=O) groups excluding carboxylic acids is 1. The minimum absolute atomic E-state index is 0.0879. The Balaban J connectivity index is 1.71. The second kappa shape index (κ2) is 5.75. The van der Waals surface area contributed by atoms with Crippen LogP contribution in [-0.4, -0.2) is 47.2 Å². The second-order valence-electron chi connectivity index (χ2n) is 4.58. The molecule has 1 aliphatic heterocycles. The van der Waals surface area contributed by atoms with Crippen LogP contribution in [0.25, 0.3) is 11.3 Å². The van der Waals surface area contributed by atoms with Gasteiger partial charge in [0.1, 0.15) is 0 Å². The van der Waals surface area contributed by atoms with Gasteiger partial charge in [0, 0.05) is 24.3 Å². The van der Waals surface area contributed by atoms with Crippen LogP contribution in [-0.2, 0) is 4.74 Å². The van der Waals surface area contributed by atoms with Gasteiger partial charge in [-0.05, 0) is 12.1 Å². The molecule has 0 radical (unpaired) electrons. The number of benzene rings is 1. The van der Waals surface area contributed by atoms with Gasteiger partial charge in [-0.3, -0.25) is 0 Å². The van der Waals surface area contributed by atoms with Crippen molar-refractivity contribution in [3.63, 3.8) is 0 Å². The van der Waals surface area contributed by atoms with Gasteiger partial charge in [0.05, 0.1) is 31.4 Å². The van der Waals surface area contributed by atoms with Gasteiger partial charge >= 0.3 is 6.03 Å². The summed E-state index contributed by atoms with van der Waals surface area (Å²) in [5.74, 6) is 0. The lowest BCUT2D eigenvalue weighted by Gasteiger charge is -2.27. The first-order valence-electron chi connectivity index (χ1n) is 6.55. The van der Waals surface area contributed by atoms with Gasteiger partial charge in [-0.2, -0.15) is 0 Å². The van der Waals surface area contributed by atoms with Gasteiger partial charge in [0.2, 0.25) is 0 Å². The van der Waals surface area contributed by atoms with Crippen molar-refractivity contribution in [2.75, 3.05) is 31.6 Å². The Labute approximate surface area is 116 Å². The van der Waals surface area contributed by atoms with Crippen molar-refractivity contribution >= 4 is 11.7 Å². The summed E-state index contributed by atoms with van der Waals surface area (Å²) >= 11 is 0. The average molecular weight is 272 g/mol.